The third-order valence-corrected chi connectivity index (χ3v) is 2.20. The predicted octanol–water partition coefficient (Wildman–Crippen LogP) is 2.09. The molecule has 0 aliphatic carbocycles. The van der Waals surface area contributed by atoms with E-state index in [1.807, 2.05) is 12.1 Å². The maximum Gasteiger partial charge on any atom is 0.120 e. The summed E-state index contributed by atoms with van der Waals surface area (Å²) in [4.78, 5) is 0. The molecule has 0 radical (unpaired) electrons. The topological polar surface area (TPSA) is 45.4 Å². The molecule has 0 amide bonds. The van der Waals surface area contributed by atoms with E-state index in [1.54, 1.807) is 13.2 Å². The van der Waals surface area contributed by atoms with Crippen LogP contribution in [-0.2, 0) is 0 Å². The summed E-state index contributed by atoms with van der Waals surface area (Å²) in [5, 5.41) is 12.6. The summed E-state index contributed by atoms with van der Waals surface area (Å²) >= 11 is 0. The summed E-state index contributed by atoms with van der Waals surface area (Å²) in [7, 11) is 0. The number of aliphatic hydroxyl groups is 1. The zero-order valence-corrected chi connectivity index (χ0v) is 9.03. The van der Waals surface area contributed by atoms with Crippen molar-refractivity contribution >= 4 is 0 Å². The van der Waals surface area contributed by atoms with Gasteiger partial charge in [-0.1, -0.05) is 0 Å². The van der Waals surface area contributed by atoms with Crippen LogP contribution in [0.5, 0.6) is 0 Å². The van der Waals surface area contributed by atoms with Gasteiger partial charge in [-0.25, -0.2) is 0 Å². The van der Waals surface area contributed by atoms with E-state index in [1.165, 1.54) is 0 Å². The van der Waals surface area contributed by atoms with Crippen LogP contribution in [0, 0.1) is 0 Å². The lowest BCUT2D eigenvalue weighted by Gasteiger charge is -2.19. The molecule has 3 atom stereocenters. The molecule has 0 aliphatic heterocycles. The van der Waals surface area contributed by atoms with Crippen molar-refractivity contribution in [1.82, 2.24) is 5.32 Å². The van der Waals surface area contributed by atoms with Gasteiger partial charge in [-0.2, -0.15) is 0 Å². The van der Waals surface area contributed by atoms with E-state index in [-0.39, 0.29) is 18.2 Å². The number of hydrogen-bond donors (Lipinski definition) is 2. The lowest BCUT2D eigenvalue weighted by atomic mass is 10.1. The summed E-state index contributed by atoms with van der Waals surface area (Å²) in [6, 6.07) is 4.31. The lowest BCUT2D eigenvalue weighted by molar-refractivity contribution is 0.167. The Morgan fingerprint density at radius 1 is 1.43 bits per heavy atom. The predicted molar refractivity (Wildman–Crippen MR) is 56.0 cm³/mol. The van der Waals surface area contributed by atoms with Crippen molar-refractivity contribution in [3.8, 4) is 0 Å². The first-order valence-electron chi connectivity index (χ1n) is 5.07. The highest BCUT2D eigenvalue weighted by Crippen LogP contribution is 2.13. The van der Waals surface area contributed by atoms with Gasteiger partial charge in [-0.15, -0.1) is 0 Å². The van der Waals surface area contributed by atoms with Crippen molar-refractivity contribution in [2.45, 2.75) is 45.4 Å². The maximum absolute atomic E-state index is 9.20. The third-order valence-electron chi connectivity index (χ3n) is 2.20. The fourth-order valence-corrected chi connectivity index (χ4v) is 1.63. The molecule has 0 saturated heterocycles. The Labute approximate surface area is 85.1 Å². The first-order chi connectivity index (χ1) is 6.59. The fraction of sp³-hybridized carbons (Fsp3) is 0.636. The van der Waals surface area contributed by atoms with E-state index in [4.69, 9.17) is 4.42 Å². The largest absolute Gasteiger partial charge is 0.468 e. The summed E-state index contributed by atoms with van der Waals surface area (Å²) in [5.74, 6) is 0.933. The van der Waals surface area contributed by atoms with Crippen molar-refractivity contribution in [3.05, 3.63) is 24.2 Å². The van der Waals surface area contributed by atoms with Gasteiger partial charge in [-0.05, 0) is 39.3 Å². The molecule has 1 aromatic heterocycles. The Hall–Kier alpha value is -0.800. The van der Waals surface area contributed by atoms with Gasteiger partial charge in [0.2, 0.25) is 0 Å². The van der Waals surface area contributed by atoms with E-state index in [0.717, 1.165) is 12.2 Å². The van der Waals surface area contributed by atoms with Crippen LogP contribution in [0.1, 0.15) is 39.0 Å². The summed E-state index contributed by atoms with van der Waals surface area (Å²) in [6.07, 6.45) is 2.17. The average Bonchev–Trinajstić information content (AvgIpc) is 2.53. The van der Waals surface area contributed by atoms with Crippen molar-refractivity contribution in [2.75, 3.05) is 0 Å². The molecule has 1 aromatic rings. The highest BCUT2D eigenvalue weighted by molar-refractivity contribution is 5.03. The van der Waals surface area contributed by atoms with Crippen LogP contribution in [-0.4, -0.2) is 17.3 Å². The average molecular weight is 197 g/mol. The molecule has 2 N–H and O–H groups in total. The molecule has 3 unspecified atom stereocenters. The van der Waals surface area contributed by atoms with Crippen molar-refractivity contribution in [1.29, 1.82) is 0 Å². The Kier molecular flexibility index (Phi) is 4.17. The number of furan rings is 1. The van der Waals surface area contributed by atoms with Crippen LogP contribution < -0.4 is 5.32 Å². The minimum atomic E-state index is -0.263. The standard InChI is InChI=1S/C11H19NO2/c1-8(7-9(2)13)12-10(3)11-5-4-6-14-11/h4-6,8-10,12-13H,7H2,1-3H3. The van der Waals surface area contributed by atoms with E-state index in [0.29, 0.717) is 0 Å². The number of nitrogens with one attached hydrogen (secondary N) is 1. The fourth-order valence-electron chi connectivity index (χ4n) is 1.63. The highest BCUT2D eigenvalue weighted by atomic mass is 16.3. The van der Waals surface area contributed by atoms with E-state index >= 15 is 0 Å². The van der Waals surface area contributed by atoms with Crippen molar-refractivity contribution in [2.24, 2.45) is 0 Å². The summed E-state index contributed by atoms with van der Waals surface area (Å²) in [6.45, 7) is 5.92. The molecular formula is C11H19NO2. The van der Waals surface area contributed by atoms with Crippen molar-refractivity contribution in [3.63, 3.8) is 0 Å². The second-order valence-electron chi connectivity index (χ2n) is 3.89. The molecule has 1 rings (SSSR count). The monoisotopic (exact) mass is 197 g/mol. The molecule has 80 valence electrons. The van der Waals surface area contributed by atoms with Gasteiger partial charge in [0.25, 0.3) is 0 Å². The highest BCUT2D eigenvalue weighted by Gasteiger charge is 2.12. The quantitative estimate of drug-likeness (QED) is 0.759. The molecule has 0 fully saturated rings. The molecule has 0 bridgehead atoms. The van der Waals surface area contributed by atoms with Gasteiger partial charge in [0.1, 0.15) is 5.76 Å². The second-order valence-corrected chi connectivity index (χ2v) is 3.89. The van der Waals surface area contributed by atoms with Gasteiger partial charge in [0, 0.05) is 6.04 Å². The van der Waals surface area contributed by atoms with E-state index in [9.17, 15) is 5.11 Å². The van der Waals surface area contributed by atoms with Crippen LogP contribution in [0.15, 0.2) is 22.8 Å². The maximum atomic E-state index is 9.20. The minimum Gasteiger partial charge on any atom is -0.468 e. The smallest absolute Gasteiger partial charge is 0.120 e. The zero-order chi connectivity index (χ0) is 10.6. The third kappa shape index (κ3) is 3.52. The molecule has 14 heavy (non-hydrogen) atoms. The number of aliphatic hydroxyl groups excluding tert-OH is 1. The van der Waals surface area contributed by atoms with Crippen molar-refractivity contribution < 1.29 is 9.52 Å². The molecule has 0 saturated carbocycles. The Balaban J connectivity index is 2.37. The van der Waals surface area contributed by atoms with Crippen LogP contribution in [0.4, 0.5) is 0 Å². The zero-order valence-electron chi connectivity index (χ0n) is 9.03. The molecule has 0 spiro atoms. The summed E-state index contributed by atoms with van der Waals surface area (Å²) in [5.41, 5.74) is 0. The van der Waals surface area contributed by atoms with E-state index < -0.39 is 0 Å². The van der Waals surface area contributed by atoms with Gasteiger partial charge >= 0.3 is 0 Å². The first-order valence-corrected chi connectivity index (χ1v) is 5.07. The Morgan fingerprint density at radius 3 is 2.64 bits per heavy atom. The van der Waals surface area contributed by atoms with Gasteiger partial charge in [-0.3, -0.25) is 0 Å². The summed E-state index contributed by atoms with van der Waals surface area (Å²) < 4.78 is 5.28. The lowest BCUT2D eigenvalue weighted by Crippen LogP contribution is -2.31. The Bertz CT molecular complexity index is 244. The van der Waals surface area contributed by atoms with Gasteiger partial charge in [0.05, 0.1) is 18.4 Å². The SMILES string of the molecule is CC(O)CC(C)NC(C)c1ccco1. The van der Waals surface area contributed by atoms with Crippen LogP contribution in [0.3, 0.4) is 0 Å². The van der Waals surface area contributed by atoms with E-state index in [2.05, 4.69) is 19.2 Å². The first kappa shape index (κ1) is 11.3. The molecule has 0 aliphatic rings. The van der Waals surface area contributed by atoms with Crippen LogP contribution in [0.25, 0.3) is 0 Å². The molecule has 0 aromatic carbocycles. The van der Waals surface area contributed by atoms with Gasteiger partial charge < -0.3 is 14.8 Å². The van der Waals surface area contributed by atoms with Crippen LogP contribution >= 0.6 is 0 Å². The second kappa shape index (κ2) is 5.17. The normalized spacial score (nSPS) is 17.7. The molecule has 3 nitrogen and oxygen atoms in total. The molecule has 1 heterocycles. The van der Waals surface area contributed by atoms with Gasteiger partial charge in [0.15, 0.2) is 0 Å². The molecular weight excluding hydrogens is 178 g/mol. The molecule has 3 heteroatoms. The minimum absolute atomic E-state index is 0.193. The Morgan fingerprint density at radius 2 is 2.14 bits per heavy atom. The number of hydrogen-bond acceptors (Lipinski definition) is 3. The number of rotatable bonds is 5. The van der Waals surface area contributed by atoms with Crippen LogP contribution in [0.2, 0.25) is 0 Å².